The third-order valence-corrected chi connectivity index (χ3v) is 4.06. The van der Waals surface area contributed by atoms with E-state index in [4.69, 9.17) is 5.26 Å². The van der Waals surface area contributed by atoms with Crippen LogP contribution >= 0.6 is 0 Å². The third-order valence-electron chi connectivity index (χ3n) is 4.06. The van der Waals surface area contributed by atoms with Crippen LogP contribution in [0.3, 0.4) is 0 Å². The number of hydrogen-bond donors (Lipinski definition) is 1. The second-order valence-corrected chi connectivity index (χ2v) is 5.27. The standard InChI is InChI=1S/C14H17N3/c15-9-12-2-1-3-13(8-12)17-10-14(11-17)4-6-16-7-5-14/h1-3,8,16H,4-7,10-11H2. The van der Waals surface area contributed by atoms with Gasteiger partial charge in [0.2, 0.25) is 0 Å². The summed E-state index contributed by atoms with van der Waals surface area (Å²) in [6.07, 6.45) is 2.59. The summed E-state index contributed by atoms with van der Waals surface area (Å²) in [5.74, 6) is 0. The quantitative estimate of drug-likeness (QED) is 0.794. The van der Waals surface area contributed by atoms with Crippen LogP contribution in [0, 0.1) is 16.7 Å². The van der Waals surface area contributed by atoms with Gasteiger partial charge in [-0.1, -0.05) is 6.07 Å². The molecule has 2 saturated heterocycles. The van der Waals surface area contributed by atoms with Gasteiger partial charge in [0, 0.05) is 24.2 Å². The number of anilines is 1. The average Bonchev–Trinajstić information content (AvgIpc) is 2.37. The first-order chi connectivity index (χ1) is 8.31. The molecule has 0 amide bonds. The first-order valence-electron chi connectivity index (χ1n) is 6.27. The monoisotopic (exact) mass is 227 g/mol. The number of nitriles is 1. The van der Waals surface area contributed by atoms with Crippen LogP contribution in [0.15, 0.2) is 24.3 Å². The molecule has 1 aromatic carbocycles. The largest absolute Gasteiger partial charge is 0.370 e. The maximum absolute atomic E-state index is 8.90. The van der Waals surface area contributed by atoms with Gasteiger partial charge >= 0.3 is 0 Å². The maximum atomic E-state index is 8.90. The Morgan fingerprint density at radius 1 is 1.24 bits per heavy atom. The molecule has 3 nitrogen and oxygen atoms in total. The van der Waals surface area contributed by atoms with Crippen molar-refractivity contribution in [3.63, 3.8) is 0 Å². The van der Waals surface area contributed by atoms with E-state index < -0.39 is 0 Å². The minimum Gasteiger partial charge on any atom is -0.370 e. The van der Waals surface area contributed by atoms with Crippen molar-refractivity contribution in [3.8, 4) is 6.07 Å². The van der Waals surface area contributed by atoms with E-state index in [9.17, 15) is 0 Å². The van der Waals surface area contributed by atoms with Crippen molar-refractivity contribution in [2.75, 3.05) is 31.1 Å². The van der Waals surface area contributed by atoms with Crippen LogP contribution in [0.5, 0.6) is 0 Å². The number of nitrogens with zero attached hydrogens (tertiary/aromatic N) is 2. The lowest BCUT2D eigenvalue weighted by atomic mass is 9.72. The second kappa shape index (κ2) is 4.05. The van der Waals surface area contributed by atoms with Crippen LogP contribution in [-0.4, -0.2) is 26.2 Å². The van der Waals surface area contributed by atoms with Crippen molar-refractivity contribution in [2.45, 2.75) is 12.8 Å². The highest BCUT2D eigenvalue weighted by atomic mass is 15.2. The van der Waals surface area contributed by atoms with Gasteiger partial charge in [-0.2, -0.15) is 5.26 Å². The second-order valence-electron chi connectivity index (χ2n) is 5.27. The Balaban J connectivity index is 1.70. The molecule has 0 atom stereocenters. The van der Waals surface area contributed by atoms with Gasteiger partial charge in [0.1, 0.15) is 0 Å². The molecule has 2 aliphatic heterocycles. The number of piperidine rings is 1. The van der Waals surface area contributed by atoms with E-state index >= 15 is 0 Å². The van der Waals surface area contributed by atoms with Gasteiger partial charge < -0.3 is 10.2 Å². The fourth-order valence-corrected chi connectivity index (χ4v) is 2.99. The Morgan fingerprint density at radius 3 is 2.71 bits per heavy atom. The molecule has 0 saturated carbocycles. The molecule has 2 aliphatic rings. The molecule has 17 heavy (non-hydrogen) atoms. The summed E-state index contributed by atoms with van der Waals surface area (Å²) in [5, 5.41) is 12.3. The van der Waals surface area contributed by atoms with Crippen LogP contribution in [-0.2, 0) is 0 Å². The van der Waals surface area contributed by atoms with Crippen molar-refractivity contribution < 1.29 is 0 Å². The van der Waals surface area contributed by atoms with E-state index in [1.807, 2.05) is 18.2 Å². The summed E-state index contributed by atoms with van der Waals surface area (Å²) in [6.45, 7) is 4.63. The first-order valence-corrected chi connectivity index (χ1v) is 6.27. The van der Waals surface area contributed by atoms with E-state index in [2.05, 4.69) is 22.4 Å². The molecule has 88 valence electrons. The van der Waals surface area contributed by atoms with E-state index in [0.717, 1.165) is 31.7 Å². The Labute approximate surface area is 102 Å². The zero-order valence-corrected chi connectivity index (χ0v) is 9.95. The summed E-state index contributed by atoms with van der Waals surface area (Å²) in [6, 6.07) is 10.1. The molecule has 0 bridgehead atoms. The van der Waals surface area contributed by atoms with Crippen LogP contribution < -0.4 is 10.2 Å². The molecule has 1 N–H and O–H groups in total. The number of nitrogens with one attached hydrogen (secondary N) is 1. The molecule has 0 unspecified atom stereocenters. The van der Waals surface area contributed by atoms with Gasteiger partial charge in [0.15, 0.2) is 0 Å². The molecular weight excluding hydrogens is 210 g/mol. The van der Waals surface area contributed by atoms with Gasteiger partial charge in [-0.3, -0.25) is 0 Å². The van der Waals surface area contributed by atoms with Crippen molar-refractivity contribution in [2.24, 2.45) is 5.41 Å². The summed E-state index contributed by atoms with van der Waals surface area (Å²) in [4.78, 5) is 2.40. The van der Waals surface area contributed by atoms with Crippen molar-refractivity contribution >= 4 is 5.69 Å². The Hall–Kier alpha value is -1.53. The van der Waals surface area contributed by atoms with Gasteiger partial charge in [0.25, 0.3) is 0 Å². The van der Waals surface area contributed by atoms with Crippen molar-refractivity contribution in [3.05, 3.63) is 29.8 Å². The van der Waals surface area contributed by atoms with Gasteiger partial charge in [-0.15, -0.1) is 0 Å². The highest BCUT2D eigenvalue weighted by Crippen LogP contribution is 2.41. The average molecular weight is 227 g/mol. The van der Waals surface area contributed by atoms with Gasteiger partial charge in [-0.05, 0) is 44.1 Å². The van der Waals surface area contributed by atoms with Crippen LogP contribution in [0.4, 0.5) is 5.69 Å². The van der Waals surface area contributed by atoms with Gasteiger partial charge in [-0.25, -0.2) is 0 Å². The molecule has 3 heteroatoms. The van der Waals surface area contributed by atoms with E-state index in [-0.39, 0.29) is 0 Å². The maximum Gasteiger partial charge on any atom is 0.0992 e. The molecule has 0 radical (unpaired) electrons. The highest BCUT2D eigenvalue weighted by molar-refractivity contribution is 5.54. The molecular formula is C14H17N3. The predicted octanol–water partition coefficient (Wildman–Crippen LogP) is 1.75. The minimum absolute atomic E-state index is 0.550. The molecule has 3 rings (SSSR count). The van der Waals surface area contributed by atoms with Gasteiger partial charge in [0.05, 0.1) is 11.6 Å². The molecule has 1 spiro atoms. The summed E-state index contributed by atoms with van der Waals surface area (Å²) in [7, 11) is 0. The highest BCUT2D eigenvalue weighted by Gasteiger charge is 2.43. The molecule has 0 aliphatic carbocycles. The van der Waals surface area contributed by atoms with E-state index in [1.54, 1.807) is 0 Å². The SMILES string of the molecule is N#Cc1cccc(N2CC3(CCNCC3)C2)c1. The smallest absolute Gasteiger partial charge is 0.0992 e. The molecule has 1 aromatic rings. The fourth-order valence-electron chi connectivity index (χ4n) is 2.99. The summed E-state index contributed by atoms with van der Waals surface area (Å²) < 4.78 is 0. The summed E-state index contributed by atoms with van der Waals surface area (Å²) >= 11 is 0. The number of hydrogen-bond acceptors (Lipinski definition) is 3. The van der Waals surface area contributed by atoms with Crippen LogP contribution in [0.25, 0.3) is 0 Å². The lowest BCUT2D eigenvalue weighted by Crippen LogP contribution is -2.60. The van der Waals surface area contributed by atoms with Crippen molar-refractivity contribution in [1.29, 1.82) is 5.26 Å². The van der Waals surface area contributed by atoms with E-state index in [1.165, 1.54) is 18.5 Å². The Kier molecular flexibility index (Phi) is 2.53. The zero-order chi connectivity index (χ0) is 11.7. The lowest BCUT2D eigenvalue weighted by Gasteiger charge is -2.53. The first kappa shape index (κ1) is 10.6. The third kappa shape index (κ3) is 1.89. The minimum atomic E-state index is 0.550. The topological polar surface area (TPSA) is 39.1 Å². The van der Waals surface area contributed by atoms with Crippen molar-refractivity contribution in [1.82, 2.24) is 5.32 Å². The fraction of sp³-hybridized carbons (Fsp3) is 0.500. The molecule has 2 heterocycles. The molecule has 0 aromatic heterocycles. The Bertz CT molecular complexity index is 447. The summed E-state index contributed by atoms with van der Waals surface area (Å²) in [5.41, 5.74) is 2.51. The zero-order valence-electron chi connectivity index (χ0n) is 9.95. The number of rotatable bonds is 1. The van der Waals surface area contributed by atoms with Crippen LogP contribution in [0.1, 0.15) is 18.4 Å². The number of benzene rings is 1. The van der Waals surface area contributed by atoms with Crippen LogP contribution in [0.2, 0.25) is 0 Å². The van der Waals surface area contributed by atoms with E-state index in [0.29, 0.717) is 5.41 Å². The Morgan fingerprint density at radius 2 is 2.00 bits per heavy atom. The normalized spacial score (nSPS) is 21.9. The lowest BCUT2D eigenvalue weighted by molar-refractivity contribution is 0.150. The predicted molar refractivity (Wildman–Crippen MR) is 67.9 cm³/mol. The molecule has 2 fully saturated rings.